The Bertz CT molecular complexity index is 445. The SMILES string of the molecule is COCC1(C(N)=O)CCCN1C(=O)c1ccon1. The predicted molar refractivity (Wildman–Crippen MR) is 60.6 cm³/mol. The van der Waals surface area contributed by atoms with Crippen LogP contribution >= 0.6 is 0 Å². The third-order valence-electron chi connectivity index (χ3n) is 3.23. The van der Waals surface area contributed by atoms with Crippen LogP contribution in [-0.4, -0.2) is 47.7 Å². The molecular weight excluding hydrogens is 238 g/mol. The number of hydrogen-bond acceptors (Lipinski definition) is 5. The molecule has 0 aromatic carbocycles. The van der Waals surface area contributed by atoms with E-state index >= 15 is 0 Å². The van der Waals surface area contributed by atoms with Crippen molar-refractivity contribution >= 4 is 11.8 Å². The molecule has 0 bridgehead atoms. The second-order valence-corrected chi connectivity index (χ2v) is 4.27. The summed E-state index contributed by atoms with van der Waals surface area (Å²) >= 11 is 0. The standard InChI is InChI=1S/C11H15N3O4/c1-17-7-11(10(12)16)4-2-5-14(11)9(15)8-3-6-18-13-8/h3,6H,2,4-5,7H2,1H3,(H2,12,16). The summed E-state index contributed by atoms with van der Waals surface area (Å²) in [6, 6.07) is 1.46. The van der Waals surface area contributed by atoms with Crippen molar-refractivity contribution in [2.24, 2.45) is 5.73 Å². The largest absolute Gasteiger partial charge is 0.382 e. The van der Waals surface area contributed by atoms with Crippen LogP contribution in [0.25, 0.3) is 0 Å². The fourth-order valence-electron chi connectivity index (χ4n) is 2.35. The predicted octanol–water partition coefficient (Wildman–Crippen LogP) is -0.219. The maximum atomic E-state index is 12.2. The van der Waals surface area contributed by atoms with Crippen molar-refractivity contribution in [3.8, 4) is 0 Å². The molecule has 1 aromatic rings. The van der Waals surface area contributed by atoms with Crippen molar-refractivity contribution in [1.29, 1.82) is 0 Å². The van der Waals surface area contributed by atoms with Crippen molar-refractivity contribution in [3.05, 3.63) is 18.0 Å². The Kier molecular flexibility index (Phi) is 3.33. The number of carbonyl (C=O) groups is 2. The summed E-state index contributed by atoms with van der Waals surface area (Å²) in [6.45, 7) is 0.546. The minimum absolute atomic E-state index is 0.0892. The number of rotatable bonds is 4. The minimum Gasteiger partial charge on any atom is -0.382 e. The number of methoxy groups -OCH3 is 1. The molecule has 1 atom stereocenters. The summed E-state index contributed by atoms with van der Waals surface area (Å²) in [4.78, 5) is 25.4. The van der Waals surface area contributed by atoms with E-state index in [0.29, 0.717) is 19.4 Å². The molecule has 0 saturated carbocycles. The van der Waals surface area contributed by atoms with Crippen LogP contribution in [0.15, 0.2) is 16.9 Å². The number of ether oxygens (including phenoxy) is 1. The number of likely N-dealkylation sites (tertiary alicyclic amines) is 1. The molecule has 1 aromatic heterocycles. The van der Waals surface area contributed by atoms with E-state index in [1.807, 2.05) is 0 Å². The highest BCUT2D eigenvalue weighted by Crippen LogP contribution is 2.30. The molecule has 7 nitrogen and oxygen atoms in total. The molecule has 1 saturated heterocycles. The Morgan fingerprint density at radius 1 is 1.67 bits per heavy atom. The zero-order valence-corrected chi connectivity index (χ0v) is 10.1. The summed E-state index contributed by atoms with van der Waals surface area (Å²) in [5, 5.41) is 3.59. The molecule has 1 aliphatic heterocycles. The first-order chi connectivity index (χ1) is 8.62. The van der Waals surface area contributed by atoms with Crippen LogP contribution in [0.5, 0.6) is 0 Å². The zero-order valence-electron chi connectivity index (χ0n) is 10.1. The van der Waals surface area contributed by atoms with Gasteiger partial charge in [-0.05, 0) is 12.8 Å². The monoisotopic (exact) mass is 253 g/mol. The zero-order chi connectivity index (χ0) is 13.2. The Morgan fingerprint density at radius 2 is 2.44 bits per heavy atom. The number of aromatic nitrogens is 1. The number of nitrogens with two attached hydrogens (primary N) is 1. The van der Waals surface area contributed by atoms with E-state index < -0.39 is 11.4 Å². The lowest BCUT2D eigenvalue weighted by atomic mass is 9.96. The van der Waals surface area contributed by atoms with Gasteiger partial charge >= 0.3 is 0 Å². The Hall–Kier alpha value is -1.89. The molecule has 2 heterocycles. The van der Waals surface area contributed by atoms with Crippen molar-refractivity contribution in [3.63, 3.8) is 0 Å². The van der Waals surface area contributed by atoms with Gasteiger partial charge in [-0.25, -0.2) is 0 Å². The quantitative estimate of drug-likeness (QED) is 0.799. The third kappa shape index (κ3) is 1.86. The van der Waals surface area contributed by atoms with Crippen LogP contribution in [0.3, 0.4) is 0 Å². The molecule has 0 radical (unpaired) electrons. The van der Waals surface area contributed by atoms with Gasteiger partial charge in [-0.2, -0.15) is 0 Å². The summed E-state index contributed by atoms with van der Waals surface area (Å²) in [5.41, 5.74) is 4.53. The van der Waals surface area contributed by atoms with Gasteiger partial charge in [0.1, 0.15) is 11.8 Å². The molecule has 98 valence electrons. The second-order valence-electron chi connectivity index (χ2n) is 4.27. The second kappa shape index (κ2) is 4.77. The van der Waals surface area contributed by atoms with Gasteiger partial charge in [0.25, 0.3) is 5.91 Å². The lowest BCUT2D eigenvalue weighted by molar-refractivity contribution is -0.130. The molecule has 18 heavy (non-hydrogen) atoms. The van der Waals surface area contributed by atoms with Crippen LogP contribution in [0.4, 0.5) is 0 Å². The van der Waals surface area contributed by atoms with Crippen LogP contribution in [-0.2, 0) is 9.53 Å². The number of primary amides is 1. The fraction of sp³-hybridized carbons (Fsp3) is 0.545. The van der Waals surface area contributed by atoms with E-state index in [1.165, 1.54) is 24.3 Å². The molecular formula is C11H15N3O4. The van der Waals surface area contributed by atoms with Gasteiger partial charge in [0.2, 0.25) is 5.91 Å². The van der Waals surface area contributed by atoms with E-state index in [0.717, 1.165) is 0 Å². The van der Waals surface area contributed by atoms with Gasteiger partial charge in [0.05, 0.1) is 6.61 Å². The van der Waals surface area contributed by atoms with E-state index in [-0.39, 0.29) is 18.2 Å². The lowest BCUT2D eigenvalue weighted by Gasteiger charge is -2.34. The van der Waals surface area contributed by atoms with Crippen LogP contribution < -0.4 is 5.73 Å². The molecule has 1 aliphatic rings. The maximum absolute atomic E-state index is 12.2. The third-order valence-corrected chi connectivity index (χ3v) is 3.23. The van der Waals surface area contributed by atoms with E-state index in [9.17, 15) is 9.59 Å². The van der Waals surface area contributed by atoms with E-state index in [4.69, 9.17) is 10.5 Å². The van der Waals surface area contributed by atoms with E-state index in [2.05, 4.69) is 9.68 Å². The molecule has 0 spiro atoms. The number of carbonyl (C=O) groups excluding carboxylic acids is 2. The first kappa shape index (κ1) is 12.6. The van der Waals surface area contributed by atoms with Crippen LogP contribution in [0, 0.1) is 0 Å². The Labute approximate surface area is 104 Å². The van der Waals surface area contributed by atoms with Gasteiger partial charge in [-0.15, -0.1) is 0 Å². The summed E-state index contributed by atoms with van der Waals surface area (Å²) in [7, 11) is 1.47. The highest BCUT2D eigenvalue weighted by Gasteiger charge is 2.49. The average Bonchev–Trinajstić information content (AvgIpc) is 2.98. The minimum atomic E-state index is -1.08. The topological polar surface area (TPSA) is 98.7 Å². The smallest absolute Gasteiger partial charge is 0.277 e. The first-order valence-electron chi connectivity index (χ1n) is 5.63. The summed E-state index contributed by atoms with van der Waals surface area (Å²) in [5.74, 6) is -0.921. The normalized spacial score (nSPS) is 23.3. The Morgan fingerprint density at radius 3 is 3.00 bits per heavy atom. The van der Waals surface area contributed by atoms with Gasteiger partial charge in [-0.1, -0.05) is 5.16 Å². The van der Waals surface area contributed by atoms with Crippen molar-refractivity contribution in [2.45, 2.75) is 18.4 Å². The first-order valence-corrected chi connectivity index (χ1v) is 5.63. The summed E-state index contributed by atoms with van der Waals surface area (Å²) < 4.78 is 9.69. The Balaban J connectivity index is 2.30. The number of nitrogens with zero attached hydrogens (tertiary/aromatic N) is 2. The lowest BCUT2D eigenvalue weighted by Crippen LogP contribution is -2.58. The molecule has 7 heteroatoms. The number of amides is 2. The maximum Gasteiger partial charge on any atom is 0.277 e. The molecule has 1 unspecified atom stereocenters. The van der Waals surface area contributed by atoms with E-state index in [1.54, 1.807) is 0 Å². The molecule has 0 aliphatic carbocycles. The van der Waals surface area contributed by atoms with Gasteiger partial charge in [0, 0.05) is 19.7 Å². The highest BCUT2D eigenvalue weighted by molar-refractivity contribution is 5.98. The molecule has 2 N–H and O–H groups in total. The van der Waals surface area contributed by atoms with Crippen molar-refractivity contribution in [2.75, 3.05) is 20.3 Å². The summed E-state index contributed by atoms with van der Waals surface area (Å²) in [6.07, 6.45) is 2.52. The highest BCUT2D eigenvalue weighted by atomic mass is 16.5. The average molecular weight is 253 g/mol. The fourth-order valence-corrected chi connectivity index (χ4v) is 2.35. The molecule has 2 amide bonds. The van der Waals surface area contributed by atoms with Crippen LogP contribution in [0.1, 0.15) is 23.3 Å². The van der Waals surface area contributed by atoms with Gasteiger partial charge < -0.3 is 19.9 Å². The van der Waals surface area contributed by atoms with Gasteiger partial charge in [0.15, 0.2) is 5.69 Å². The van der Waals surface area contributed by atoms with Crippen molar-refractivity contribution in [1.82, 2.24) is 10.1 Å². The van der Waals surface area contributed by atoms with Crippen LogP contribution in [0.2, 0.25) is 0 Å². The van der Waals surface area contributed by atoms with Crippen molar-refractivity contribution < 1.29 is 18.8 Å². The number of hydrogen-bond donors (Lipinski definition) is 1. The molecule has 1 fully saturated rings. The molecule has 2 rings (SSSR count). The van der Waals surface area contributed by atoms with Gasteiger partial charge in [-0.3, -0.25) is 9.59 Å².